The molecule has 5 nitrogen and oxygen atoms in total. The van der Waals surface area contributed by atoms with E-state index in [4.69, 9.17) is 0 Å². The Morgan fingerprint density at radius 1 is 1.43 bits per heavy atom. The summed E-state index contributed by atoms with van der Waals surface area (Å²) in [7, 11) is 0. The zero-order valence-electron chi connectivity index (χ0n) is 13.3. The van der Waals surface area contributed by atoms with Gasteiger partial charge in [0.25, 0.3) is 0 Å². The molecule has 0 aromatic carbocycles. The third-order valence-electron chi connectivity index (χ3n) is 4.25. The standard InChI is InChI=1S/C16H26N4O/c1-4-13-6-5-7-18-14(13)12-19-15(21)16(2,3)20-10-8-17-9-11-20/h5-7,17H,4,8-12H2,1-3H3,(H,19,21). The maximum absolute atomic E-state index is 12.5. The number of piperazine rings is 1. The zero-order chi connectivity index (χ0) is 15.3. The highest BCUT2D eigenvalue weighted by Crippen LogP contribution is 2.16. The van der Waals surface area contributed by atoms with Crippen molar-refractivity contribution in [3.05, 3.63) is 29.6 Å². The zero-order valence-corrected chi connectivity index (χ0v) is 13.3. The van der Waals surface area contributed by atoms with Crippen LogP contribution in [0.1, 0.15) is 32.0 Å². The van der Waals surface area contributed by atoms with Crippen LogP contribution in [0.3, 0.4) is 0 Å². The Hall–Kier alpha value is -1.46. The van der Waals surface area contributed by atoms with E-state index in [1.165, 1.54) is 5.56 Å². The largest absolute Gasteiger partial charge is 0.349 e. The van der Waals surface area contributed by atoms with Crippen molar-refractivity contribution in [3.8, 4) is 0 Å². The molecule has 0 atom stereocenters. The molecule has 2 N–H and O–H groups in total. The van der Waals surface area contributed by atoms with Gasteiger partial charge in [-0.05, 0) is 31.9 Å². The molecule has 1 aliphatic rings. The van der Waals surface area contributed by atoms with Gasteiger partial charge in [0, 0.05) is 32.4 Å². The molecule has 1 fully saturated rings. The van der Waals surface area contributed by atoms with E-state index in [-0.39, 0.29) is 5.91 Å². The molecule has 1 aliphatic heterocycles. The Kier molecular flexibility index (Phi) is 5.31. The molecule has 0 saturated carbocycles. The van der Waals surface area contributed by atoms with Gasteiger partial charge in [0.1, 0.15) is 0 Å². The Morgan fingerprint density at radius 2 is 2.14 bits per heavy atom. The summed E-state index contributed by atoms with van der Waals surface area (Å²) in [6.45, 7) is 10.3. The molecule has 0 aliphatic carbocycles. The summed E-state index contributed by atoms with van der Waals surface area (Å²) in [5.74, 6) is 0.0668. The lowest BCUT2D eigenvalue weighted by Crippen LogP contribution is -2.59. The van der Waals surface area contributed by atoms with Crippen molar-refractivity contribution in [2.75, 3.05) is 26.2 Å². The SMILES string of the molecule is CCc1cccnc1CNC(=O)C(C)(C)N1CCNCC1. The first-order chi connectivity index (χ1) is 10.1. The molecule has 21 heavy (non-hydrogen) atoms. The van der Waals surface area contributed by atoms with Crippen LogP contribution < -0.4 is 10.6 Å². The molecule has 1 saturated heterocycles. The van der Waals surface area contributed by atoms with Crippen molar-refractivity contribution in [1.82, 2.24) is 20.5 Å². The molecule has 1 amide bonds. The Bertz CT molecular complexity index is 481. The molecule has 5 heteroatoms. The lowest BCUT2D eigenvalue weighted by atomic mass is 10.0. The first-order valence-corrected chi connectivity index (χ1v) is 7.72. The number of carbonyl (C=O) groups is 1. The smallest absolute Gasteiger partial charge is 0.240 e. The fourth-order valence-electron chi connectivity index (χ4n) is 2.70. The first kappa shape index (κ1) is 15.9. The molecule has 0 radical (unpaired) electrons. The number of rotatable bonds is 5. The minimum absolute atomic E-state index is 0.0668. The average molecular weight is 290 g/mol. The fraction of sp³-hybridized carbons (Fsp3) is 0.625. The summed E-state index contributed by atoms with van der Waals surface area (Å²) in [5.41, 5.74) is 1.67. The fourth-order valence-corrected chi connectivity index (χ4v) is 2.70. The van der Waals surface area contributed by atoms with Gasteiger partial charge in [-0.15, -0.1) is 0 Å². The molecular weight excluding hydrogens is 264 g/mol. The molecule has 0 bridgehead atoms. The van der Waals surface area contributed by atoms with Crippen molar-refractivity contribution in [2.24, 2.45) is 0 Å². The predicted octanol–water partition coefficient (Wildman–Crippen LogP) is 0.944. The van der Waals surface area contributed by atoms with Gasteiger partial charge in [-0.2, -0.15) is 0 Å². The lowest BCUT2D eigenvalue weighted by Gasteiger charge is -2.39. The van der Waals surface area contributed by atoms with Gasteiger partial charge in [-0.3, -0.25) is 14.7 Å². The summed E-state index contributed by atoms with van der Waals surface area (Å²) >= 11 is 0. The predicted molar refractivity (Wildman–Crippen MR) is 84.0 cm³/mol. The first-order valence-electron chi connectivity index (χ1n) is 7.72. The third-order valence-corrected chi connectivity index (χ3v) is 4.25. The van der Waals surface area contributed by atoms with E-state index >= 15 is 0 Å². The number of amides is 1. The van der Waals surface area contributed by atoms with Crippen LogP contribution in [-0.4, -0.2) is 47.5 Å². The molecular formula is C16H26N4O. The molecule has 0 spiro atoms. The van der Waals surface area contributed by atoms with Crippen LogP contribution in [0, 0.1) is 0 Å². The highest BCUT2D eigenvalue weighted by Gasteiger charge is 2.34. The number of aromatic nitrogens is 1. The number of hydrogen-bond donors (Lipinski definition) is 2. The molecule has 2 rings (SSSR count). The third kappa shape index (κ3) is 3.80. The molecule has 116 valence electrons. The van der Waals surface area contributed by atoms with Crippen LogP contribution in [0.15, 0.2) is 18.3 Å². The highest BCUT2D eigenvalue weighted by molar-refractivity contribution is 5.85. The second-order valence-electron chi connectivity index (χ2n) is 5.94. The normalized spacial score (nSPS) is 16.7. The van der Waals surface area contributed by atoms with Crippen molar-refractivity contribution >= 4 is 5.91 Å². The quantitative estimate of drug-likeness (QED) is 0.847. The van der Waals surface area contributed by atoms with Crippen LogP contribution in [0.5, 0.6) is 0 Å². The summed E-state index contributed by atoms with van der Waals surface area (Å²) in [6.07, 6.45) is 2.71. The van der Waals surface area contributed by atoms with Crippen molar-refractivity contribution in [1.29, 1.82) is 0 Å². The number of carbonyl (C=O) groups excluding carboxylic acids is 1. The highest BCUT2D eigenvalue weighted by atomic mass is 16.2. The van der Waals surface area contributed by atoms with Gasteiger partial charge >= 0.3 is 0 Å². The maximum atomic E-state index is 12.5. The summed E-state index contributed by atoms with van der Waals surface area (Å²) < 4.78 is 0. The van der Waals surface area contributed by atoms with E-state index in [0.717, 1.165) is 38.3 Å². The van der Waals surface area contributed by atoms with Crippen LogP contribution in [0.25, 0.3) is 0 Å². The van der Waals surface area contributed by atoms with Crippen molar-refractivity contribution in [2.45, 2.75) is 39.3 Å². The van der Waals surface area contributed by atoms with Gasteiger partial charge in [0.05, 0.1) is 17.8 Å². The van der Waals surface area contributed by atoms with Gasteiger partial charge in [-0.1, -0.05) is 13.0 Å². The summed E-state index contributed by atoms with van der Waals surface area (Å²) in [5, 5.41) is 6.36. The van der Waals surface area contributed by atoms with E-state index in [0.29, 0.717) is 6.54 Å². The van der Waals surface area contributed by atoms with Gasteiger partial charge < -0.3 is 10.6 Å². The number of pyridine rings is 1. The second-order valence-corrected chi connectivity index (χ2v) is 5.94. The molecule has 1 aromatic heterocycles. The summed E-state index contributed by atoms with van der Waals surface area (Å²) in [4.78, 5) is 19.1. The van der Waals surface area contributed by atoms with Gasteiger partial charge in [-0.25, -0.2) is 0 Å². The minimum atomic E-state index is -0.483. The Balaban J connectivity index is 1.97. The topological polar surface area (TPSA) is 57.3 Å². The van der Waals surface area contributed by atoms with Gasteiger partial charge in [0.2, 0.25) is 5.91 Å². The Morgan fingerprint density at radius 3 is 2.81 bits per heavy atom. The van der Waals surface area contributed by atoms with Crippen molar-refractivity contribution < 1.29 is 4.79 Å². The van der Waals surface area contributed by atoms with Crippen LogP contribution in [0.4, 0.5) is 0 Å². The van der Waals surface area contributed by atoms with Crippen LogP contribution in [0.2, 0.25) is 0 Å². The number of nitrogens with zero attached hydrogens (tertiary/aromatic N) is 2. The lowest BCUT2D eigenvalue weighted by molar-refractivity contribution is -0.132. The molecule has 2 heterocycles. The number of hydrogen-bond acceptors (Lipinski definition) is 4. The summed E-state index contributed by atoms with van der Waals surface area (Å²) in [6, 6.07) is 4.00. The molecule has 0 unspecified atom stereocenters. The minimum Gasteiger partial charge on any atom is -0.349 e. The average Bonchev–Trinajstić information content (AvgIpc) is 2.53. The maximum Gasteiger partial charge on any atom is 0.240 e. The van der Waals surface area contributed by atoms with Crippen LogP contribution >= 0.6 is 0 Å². The van der Waals surface area contributed by atoms with E-state index in [2.05, 4.69) is 33.5 Å². The van der Waals surface area contributed by atoms with E-state index in [1.807, 2.05) is 19.9 Å². The van der Waals surface area contributed by atoms with Crippen molar-refractivity contribution in [3.63, 3.8) is 0 Å². The van der Waals surface area contributed by atoms with E-state index in [1.54, 1.807) is 6.20 Å². The number of aryl methyl sites for hydroxylation is 1. The van der Waals surface area contributed by atoms with E-state index < -0.39 is 5.54 Å². The Labute approximate surface area is 127 Å². The second kappa shape index (κ2) is 7.00. The molecule has 1 aromatic rings. The van der Waals surface area contributed by atoms with E-state index in [9.17, 15) is 4.79 Å². The monoisotopic (exact) mass is 290 g/mol. The van der Waals surface area contributed by atoms with Gasteiger partial charge in [0.15, 0.2) is 0 Å². The number of nitrogens with one attached hydrogen (secondary N) is 2. The van der Waals surface area contributed by atoms with Crippen LogP contribution in [-0.2, 0) is 17.8 Å².